The summed E-state index contributed by atoms with van der Waals surface area (Å²) < 4.78 is 11.2. The first kappa shape index (κ1) is 24.7. The maximum absolute atomic E-state index is 12.9. The van der Waals surface area contributed by atoms with Crippen LogP contribution < -0.4 is 9.64 Å². The van der Waals surface area contributed by atoms with Gasteiger partial charge in [-0.05, 0) is 24.6 Å². The number of carbonyl (C=O) groups excluding carboxylic acids is 2. The second kappa shape index (κ2) is 11.3. The van der Waals surface area contributed by atoms with Gasteiger partial charge in [-0.3, -0.25) is 9.69 Å². The third kappa shape index (κ3) is 5.45. The minimum Gasteiger partial charge on any atom is -0.465 e. The molecule has 1 atom stereocenters. The van der Waals surface area contributed by atoms with Gasteiger partial charge in [-0.15, -0.1) is 10.2 Å². The molecular weight excluding hydrogens is 464 g/mol. The lowest BCUT2D eigenvalue weighted by atomic mass is 10.1. The van der Waals surface area contributed by atoms with Crippen molar-refractivity contribution in [1.82, 2.24) is 15.2 Å². The van der Waals surface area contributed by atoms with Crippen molar-refractivity contribution in [2.75, 3.05) is 17.8 Å². The van der Waals surface area contributed by atoms with Gasteiger partial charge in [0.05, 0.1) is 18.4 Å². The van der Waals surface area contributed by atoms with Crippen LogP contribution in [0, 0.1) is 0 Å². The Hall–Kier alpha value is -3.46. The van der Waals surface area contributed by atoms with Gasteiger partial charge in [0.2, 0.25) is 23.2 Å². The summed E-state index contributed by atoms with van der Waals surface area (Å²) in [5.41, 5.74) is 2.94. The van der Waals surface area contributed by atoms with Crippen LogP contribution in [-0.4, -0.2) is 39.9 Å². The van der Waals surface area contributed by atoms with Crippen LogP contribution >= 0.6 is 11.8 Å². The molecule has 0 bridgehead atoms. The van der Waals surface area contributed by atoms with Crippen LogP contribution in [0.2, 0.25) is 0 Å². The van der Waals surface area contributed by atoms with Crippen LogP contribution in [0.3, 0.4) is 0 Å². The third-order valence-corrected chi connectivity index (χ3v) is 6.62. The molecule has 2 aromatic carbocycles. The quantitative estimate of drug-likeness (QED) is 0.233. The summed E-state index contributed by atoms with van der Waals surface area (Å²) in [6.45, 7) is 3.67. The van der Waals surface area contributed by atoms with Crippen molar-refractivity contribution in [2.45, 2.75) is 50.9 Å². The third-order valence-electron chi connectivity index (χ3n) is 5.70. The second-order valence-electron chi connectivity index (χ2n) is 8.15. The van der Waals surface area contributed by atoms with E-state index in [9.17, 15) is 9.59 Å². The number of methoxy groups -OCH3 is 1. The molecule has 182 valence electrons. The van der Waals surface area contributed by atoms with Crippen molar-refractivity contribution < 1.29 is 19.1 Å². The van der Waals surface area contributed by atoms with E-state index in [4.69, 9.17) is 9.47 Å². The molecule has 0 radical (unpaired) electrons. The number of anilines is 1. The molecule has 0 N–H and O–H groups in total. The summed E-state index contributed by atoms with van der Waals surface area (Å²) in [4.78, 5) is 31.0. The molecule has 0 aliphatic carbocycles. The number of nitrogens with zero attached hydrogens (tertiary/aromatic N) is 4. The highest BCUT2D eigenvalue weighted by Gasteiger charge is 2.34. The van der Waals surface area contributed by atoms with Gasteiger partial charge in [-0.1, -0.05) is 68.3 Å². The summed E-state index contributed by atoms with van der Waals surface area (Å²) in [5, 5.41) is 9.31. The molecule has 9 heteroatoms. The van der Waals surface area contributed by atoms with E-state index in [1.165, 1.54) is 33.3 Å². The summed E-state index contributed by atoms with van der Waals surface area (Å²) in [7, 11) is 1.34. The SMILES string of the molecule is CCCCCCSc1nnc2c(n1)OC(c1ccc(C(=O)OC)cc1)N(C(C)=O)c1ccccc1-2. The molecule has 1 amide bonds. The number of thioether (sulfide) groups is 1. The predicted molar refractivity (Wildman–Crippen MR) is 134 cm³/mol. The van der Waals surface area contributed by atoms with Crippen molar-refractivity contribution >= 4 is 29.3 Å². The van der Waals surface area contributed by atoms with E-state index in [-0.39, 0.29) is 5.91 Å². The number of hydrogen-bond donors (Lipinski definition) is 0. The van der Waals surface area contributed by atoms with Gasteiger partial charge in [0.25, 0.3) is 0 Å². The maximum Gasteiger partial charge on any atom is 0.337 e. The number of esters is 1. The molecule has 1 unspecified atom stereocenters. The monoisotopic (exact) mass is 492 g/mol. The molecule has 0 saturated carbocycles. The van der Waals surface area contributed by atoms with E-state index in [0.29, 0.717) is 39.1 Å². The Labute approximate surface area is 209 Å². The fourth-order valence-corrected chi connectivity index (χ4v) is 4.70. The lowest BCUT2D eigenvalue weighted by molar-refractivity contribution is -0.118. The number of ether oxygens (including phenoxy) is 2. The van der Waals surface area contributed by atoms with Crippen molar-refractivity contribution in [3.63, 3.8) is 0 Å². The molecule has 8 nitrogen and oxygen atoms in total. The zero-order chi connectivity index (χ0) is 24.8. The Morgan fingerprint density at radius 1 is 1.06 bits per heavy atom. The van der Waals surface area contributed by atoms with E-state index in [2.05, 4.69) is 22.1 Å². The van der Waals surface area contributed by atoms with Crippen molar-refractivity contribution in [3.05, 3.63) is 59.7 Å². The Bertz CT molecular complexity index is 1200. The fraction of sp³-hybridized carbons (Fsp3) is 0.346. The Balaban J connectivity index is 1.73. The van der Waals surface area contributed by atoms with Gasteiger partial charge in [-0.2, -0.15) is 4.98 Å². The molecular formula is C26H28N4O4S. The number of unbranched alkanes of at least 4 members (excludes halogenated alkanes) is 3. The standard InChI is InChI=1S/C26H28N4O4S/c1-4-5-6-9-16-35-26-27-23-22(28-29-26)20-10-7-8-11-21(20)30(17(2)31)24(34-23)18-12-14-19(15-13-18)25(32)33-3/h7-8,10-15,24H,4-6,9,16H2,1-3H3. The molecule has 3 aromatic rings. The van der Waals surface area contributed by atoms with Gasteiger partial charge >= 0.3 is 5.97 Å². The van der Waals surface area contributed by atoms with Gasteiger partial charge in [-0.25, -0.2) is 4.79 Å². The molecule has 4 rings (SSSR count). The zero-order valence-corrected chi connectivity index (χ0v) is 20.9. The van der Waals surface area contributed by atoms with E-state index >= 15 is 0 Å². The topological polar surface area (TPSA) is 94.5 Å². The number of fused-ring (bicyclic) bond motifs is 3. The van der Waals surface area contributed by atoms with E-state index in [0.717, 1.165) is 12.2 Å². The lowest BCUT2D eigenvalue weighted by Gasteiger charge is -2.29. The van der Waals surface area contributed by atoms with Gasteiger partial charge < -0.3 is 9.47 Å². The lowest BCUT2D eigenvalue weighted by Crippen LogP contribution is -2.36. The van der Waals surface area contributed by atoms with Crippen LogP contribution in [0.1, 0.15) is 61.7 Å². The van der Waals surface area contributed by atoms with Crippen molar-refractivity contribution in [2.24, 2.45) is 0 Å². The number of para-hydroxylation sites is 1. The van der Waals surface area contributed by atoms with Gasteiger partial charge in [0, 0.05) is 23.8 Å². The zero-order valence-electron chi connectivity index (χ0n) is 20.1. The van der Waals surface area contributed by atoms with Crippen LogP contribution in [-0.2, 0) is 9.53 Å². The van der Waals surface area contributed by atoms with Gasteiger partial charge in [0.1, 0.15) is 0 Å². The average Bonchev–Trinajstić information content (AvgIpc) is 3.02. The maximum atomic E-state index is 12.9. The molecule has 1 aromatic heterocycles. The van der Waals surface area contributed by atoms with E-state index in [1.807, 2.05) is 24.3 Å². The van der Waals surface area contributed by atoms with Crippen molar-refractivity contribution in [1.29, 1.82) is 0 Å². The molecule has 2 heterocycles. The highest BCUT2D eigenvalue weighted by Crippen LogP contribution is 2.43. The smallest absolute Gasteiger partial charge is 0.337 e. The van der Waals surface area contributed by atoms with Gasteiger partial charge in [0.15, 0.2) is 5.69 Å². The predicted octanol–water partition coefficient (Wildman–Crippen LogP) is 5.44. The number of benzene rings is 2. The molecule has 1 aliphatic rings. The number of hydrogen-bond acceptors (Lipinski definition) is 8. The Morgan fingerprint density at radius 2 is 1.83 bits per heavy atom. The number of carbonyl (C=O) groups is 2. The minimum absolute atomic E-state index is 0.203. The van der Waals surface area contributed by atoms with E-state index in [1.54, 1.807) is 40.9 Å². The summed E-state index contributed by atoms with van der Waals surface area (Å²) in [5.74, 6) is 0.574. The average molecular weight is 493 g/mol. The largest absolute Gasteiger partial charge is 0.465 e. The van der Waals surface area contributed by atoms with Crippen molar-refractivity contribution in [3.8, 4) is 17.1 Å². The van der Waals surface area contributed by atoms with E-state index < -0.39 is 12.2 Å². The molecule has 0 saturated heterocycles. The molecule has 1 aliphatic heterocycles. The fourth-order valence-electron chi connectivity index (χ4n) is 3.92. The summed E-state index contributed by atoms with van der Waals surface area (Å²) in [6.07, 6.45) is 3.84. The first-order valence-electron chi connectivity index (χ1n) is 11.6. The Morgan fingerprint density at radius 3 is 2.54 bits per heavy atom. The highest BCUT2D eigenvalue weighted by molar-refractivity contribution is 7.99. The molecule has 0 spiro atoms. The van der Waals surface area contributed by atoms with Crippen LogP contribution in [0.25, 0.3) is 11.3 Å². The number of rotatable bonds is 8. The number of amides is 1. The highest BCUT2D eigenvalue weighted by atomic mass is 32.2. The summed E-state index contributed by atoms with van der Waals surface area (Å²) >= 11 is 1.55. The van der Waals surface area contributed by atoms with Crippen LogP contribution in [0.5, 0.6) is 5.88 Å². The summed E-state index contributed by atoms with van der Waals surface area (Å²) in [6, 6.07) is 14.3. The Kier molecular flexibility index (Phi) is 7.97. The van der Waals surface area contributed by atoms with Crippen LogP contribution in [0.15, 0.2) is 53.7 Å². The molecule has 0 fully saturated rings. The first-order valence-corrected chi connectivity index (χ1v) is 12.6. The minimum atomic E-state index is -0.805. The number of aromatic nitrogens is 3. The second-order valence-corrected chi connectivity index (χ2v) is 9.21. The normalized spacial score (nSPS) is 14.4. The van der Waals surface area contributed by atoms with Crippen LogP contribution in [0.4, 0.5) is 5.69 Å². The molecule has 35 heavy (non-hydrogen) atoms. The first-order chi connectivity index (χ1) is 17.0.